The molecule has 0 aliphatic heterocycles. The van der Waals surface area contributed by atoms with Crippen molar-refractivity contribution >= 4 is 11.6 Å². The molecule has 2 heterocycles. The summed E-state index contributed by atoms with van der Waals surface area (Å²) in [5.41, 5.74) is -0.947. The summed E-state index contributed by atoms with van der Waals surface area (Å²) < 4.78 is 83.3. The summed E-state index contributed by atoms with van der Waals surface area (Å²) in [5.74, 6) is -5.67. The van der Waals surface area contributed by atoms with E-state index in [1.54, 1.807) is 0 Å². The Kier molecular flexibility index (Phi) is 6.90. The molecule has 0 aliphatic rings. The van der Waals surface area contributed by atoms with Crippen LogP contribution in [0.25, 0.3) is 17.1 Å². The van der Waals surface area contributed by atoms with E-state index in [0.29, 0.717) is 25.9 Å². The summed E-state index contributed by atoms with van der Waals surface area (Å²) in [6.07, 6.45) is -7.91. The Bertz CT molecular complexity index is 1470. The summed E-state index contributed by atoms with van der Waals surface area (Å²) in [5, 5.41) is 17.9. The van der Waals surface area contributed by atoms with Gasteiger partial charge in [-0.3, -0.25) is 4.57 Å². The number of nitrogens with zero attached hydrogens (tertiary/aromatic N) is 6. The number of benzene rings is 2. The first-order valence-electron chi connectivity index (χ1n) is 10.5. The van der Waals surface area contributed by atoms with E-state index in [1.807, 2.05) is 0 Å². The van der Waals surface area contributed by atoms with E-state index in [4.69, 9.17) is 11.6 Å². The second-order valence-electron chi connectivity index (χ2n) is 8.07. The van der Waals surface area contributed by atoms with Gasteiger partial charge in [0.2, 0.25) is 5.82 Å². The number of hydrogen-bond donors (Lipinski definition) is 1. The highest BCUT2D eigenvalue weighted by Gasteiger charge is 2.39. The van der Waals surface area contributed by atoms with Gasteiger partial charge in [0.05, 0.1) is 12.2 Å². The lowest BCUT2D eigenvalue weighted by molar-refractivity contribution is -0.207. The molecule has 2 aromatic carbocycles. The van der Waals surface area contributed by atoms with E-state index in [9.17, 15) is 36.2 Å². The van der Waals surface area contributed by atoms with Gasteiger partial charge in [-0.1, -0.05) is 17.7 Å². The molecule has 0 aliphatic carbocycles. The molecule has 0 amide bonds. The van der Waals surface area contributed by atoms with Crippen molar-refractivity contribution in [1.82, 2.24) is 29.1 Å². The van der Waals surface area contributed by atoms with E-state index in [2.05, 4.69) is 15.2 Å². The summed E-state index contributed by atoms with van der Waals surface area (Å²) in [6.45, 7) is -1.24. The number of aliphatic hydroxyl groups excluding tert-OH is 1. The molecular weight excluding hydrogens is 530 g/mol. The van der Waals surface area contributed by atoms with Crippen LogP contribution in [0.3, 0.4) is 0 Å². The largest absolute Gasteiger partial charge is 0.416 e. The molecule has 0 bridgehead atoms. The fourth-order valence-corrected chi connectivity index (χ4v) is 3.55. The highest BCUT2D eigenvalue weighted by molar-refractivity contribution is 6.30. The maximum atomic E-state index is 14.3. The Hall–Kier alpha value is -3.65. The van der Waals surface area contributed by atoms with E-state index in [1.165, 1.54) is 36.4 Å². The SMILES string of the molecule is CC(F)(F)c1nc(Cn2nc(-c3ccc(Cl)cc3)n(C[C@H](O)C(F)(F)F)c2=O)nn1-c1cccc(F)c1. The molecule has 0 saturated heterocycles. The first kappa shape index (κ1) is 26.4. The smallest absolute Gasteiger partial charge is 0.382 e. The fraction of sp³-hybridized carbons (Fsp3) is 0.273. The summed E-state index contributed by atoms with van der Waals surface area (Å²) in [4.78, 5) is 16.8. The highest BCUT2D eigenvalue weighted by Crippen LogP contribution is 2.28. The average molecular weight is 547 g/mol. The molecule has 0 saturated carbocycles. The highest BCUT2D eigenvalue weighted by atomic mass is 35.5. The van der Waals surface area contributed by atoms with Crippen molar-refractivity contribution in [1.29, 1.82) is 0 Å². The van der Waals surface area contributed by atoms with Crippen LogP contribution >= 0.6 is 11.6 Å². The molecule has 2 aromatic heterocycles. The Labute approximate surface area is 209 Å². The van der Waals surface area contributed by atoms with Crippen molar-refractivity contribution in [3.05, 3.63) is 81.5 Å². The first-order valence-corrected chi connectivity index (χ1v) is 10.9. The van der Waals surface area contributed by atoms with Crippen LogP contribution in [-0.4, -0.2) is 46.5 Å². The molecule has 4 rings (SSSR count). The standard InChI is InChI=1S/C22H17ClF6N6O2/c1-21(25,26)19-30-17(31-35(19)15-4-2-3-14(24)9-15)11-34-20(37)33(10-16(36)22(27,28)29)18(32-34)12-5-7-13(23)8-6-12/h2-9,16,36H,10-11H2,1H3/t16-/m0/s1. The lowest BCUT2D eigenvalue weighted by Crippen LogP contribution is -2.37. The van der Waals surface area contributed by atoms with E-state index in [0.717, 1.165) is 12.1 Å². The maximum absolute atomic E-state index is 14.3. The third-order valence-corrected chi connectivity index (χ3v) is 5.40. The van der Waals surface area contributed by atoms with Gasteiger partial charge in [-0.25, -0.2) is 23.5 Å². The van der Waals surface area contributed by atoms with Crippen molar-refractivity contribution in [2.45, 2.75) is 38.2 Å². The van der Waals surface area contributed by atoms with Crippen LogP contribution < -0.4 is 5.69 Å². The van der Waals surface area contributed by atoms with Crippen molar-refractivity contribution < 1.29 is 31.4 Å². The van der Waals surface area contributed by atoms with Crippen molar-refractivity contribution in [2.75, 3.05) is 0 Å². The van der Waals surface area contributed by atoms with E-state index < -0.39 is 48.6 Å². The predicted molar refractivity (Wildman–Crippen MR) is 119 cm³/mol. The monoisotopic (exact) mass is 546 g/mol. The van der Waals surface area contributed by atoms with Crippen LogP contribution in [0.4, 0.5) is 26.3 Å². The quantitative estimate of drug-likeness (QED) is 0.352. The molecule has 15 heteroatoms. The van der Waals surface area contributed by atoms with Gasteiger partial charge in [-0.2, -0.15) is 22.0 Å². The van der Waals surface area contributed by atoms with Crippen molar-refractivity contribution in [2.24, 2.45) is 0 Å². The topological polar surface area (TPSA) is 90.8 Å². The molecule has 4 aromatic rings. The fourth-order valence-electron chi connectivity index (χ4n) is 3.43. The number of halogens is 7. The maximum Gasteiger partial charge on any atom is 0.416 e. The zero-order chi connectivity index (χ0) is 27.1. The predicted octanol–water partition coefficient (Wildman–Crippen LogP) is 4.17. The van der Waals surface area contributed by atoms with Crippen LogP contribution in [-0.2, 0) is 19.0 Å². The van der Waals surface area contributed by atoms with Crippen LogP contribution in [0.5, 0.6) is 0 Å². The minimum absolute atomic E-state index is 0.0664. The van der Waals surface area contributed by atoms with Gasteiger partial charge in [-0.05, 0) is 42.5 Å². The van der Waals surface area contributed by atoms with Gasteiger partial charge in [0.25, 0.3) is 0 Å². The molecule has 0 spiro atoms. The van der Waals surface area contributed by atoms with Crippen LogP contribution in [0, 0.1) is 5.82 Å². The Morgan fingerprint density at radius 2 is 1.73 bits per heavy atom. The molecule has 1 atom stereocenters. The lowest BCUT2D eigenvalue weighted by Gasteiger charge is -2.15. The zero-order valence-electron chi connectivity index (χ0n) is 18.8. The summed E-state index contributed by atoms with van der Waals surface area (Å²) in [7, 11) is 0. The second-order valence-corrected chi connectivity index (χ2v) is 8.51. The number of hydrogen-bond acceptors (Lipinski definition) is 5. The minimum atomic E-state index is -5.02. The first-order chi connectivity index (χ1) is 17.2. The average Bonchev–Trinajstić information content (AvgIpc) is 3.36. The van der Waals surface area contributed by atoms with Crippen molar-refractivity contribution in [3.8, 4) is 17.1 Å². The van der Waals surface area contributed by atoms with Gasteiger partial charge in [0.1, 0.15) is 12.4 Å². The molecule has 8 nitrogen and oxygen atoms in total. The van der Waals surface area contributed by atoms with Crippen LogP contribution in [0.1, 0.15) is 18.6 Å². The molecule has 1 N–H and O–H groups in total. The molecule has 0 radical (unpaired) electrons. The van der Waals surface area contributed by atoms with Gasteiger partial charge in [0, 0.05) is 17.5 Å². The van der Waals surface area contributed by atoms with Gasteiger partial charge in [-0.15, -0.1) is 10.2 Å². The second kappa shape index (κ2) is 9.67. The van der Waals surface area contributed by atoms with Gasteiger partial charge < -0.3 is 5.11 Å². The lowest BCUT2D eigenvalue weighted by atomic mass is 10.2. The minimum Gasteiger partial charge on any atom is -0.382 e. The molecule has 37 heavy (non-hydrogen) atoms. The molecule has 196 valence electrons. The Morgan fingerprint density at radius 3 is 2.32 bits per heavy atom. The van der Waals surface area contributed by atoms with Gasteiger partial charge in [0.15, 0.2) is 17.8 Å². The molecular formula is C22H17ClF6N6O2. The normalized spacial score (nSPS) is 13.2. The number of rotatable bonds is 7. The third kappa shape index (κ3) is 5.69. The third-order valence-electron chi connectivity index (χ3n) is 5.15. The number of alkyl halides is 5. The summed E-state index contributed by atoms with van der Waals surface area (Å²) >= 11 is 5.85. The van der Waals surface area contributed by atoms with E-state index in [-0.39, 0.29) is 22.9 Å². The van der Waals surface area contributed by atoms with Crippen LogP contribution in [0.15, 0.2) is 53.3 Å². The molecule has 0 unspecified atom stereocenters. The number of aliphatic hydroxyl groups is 1. The zero-order valence-corrected chi connectivity index (χ0v) is 19.6. The Balaban J connectivity index is 1.79. The Morgan fingerprint density at radius 1 is 1.05 bits per heavy atom. The van der Waals surface area contributed by atoms with Crippen molar-refractivity contribution in [3.63, 3.8) is 0 Å². The van der Waals surface area contributed by atoms with Gasteiger partial charge >= 0.3 is 17.8 Å². The molecule has 0 fully saturated rings. The van der Waals surface area contributed by atoms with E-state index >= 15 is 0 Å². The summed E-state index contributed by atoms with van der Waals surface area (Å²) in [6, 6.07) is 10.3. The number of aromatic nitrogens is 6. The van der Waals surface area contributed by atoms with Crippen LogP contribution in [0.2, 0.25) is 5.02 Å².